The first kappa shape index (κ1) is 11.7. The number of carboxylic acids is 1. The van der Waals surface area contributed by atoms with Gasteiger partial charge in [0.1, 0.15) is 0 Å². The molecule has 0 fully saturated rings. The second-order valence-electron chi connectivity index (χ2n) is 3.15. The molecule has 1 N–H and O–H groups in total. The molecule has 0 spiro atoms. The van der Waals surface area contributed by atoms with Crippen LogP contribution < -0.4 is 40.0 Å². The maximum absolute atomic E-state index is 10.7. The molecule has 2 rings (SSSR count). The number of carboxylic acid groups (broad SMARTS) is 1. The van der Waals surface area contributed by atoms with Gasteiger partial charge in [0.25, 0.3) is 0 Å². The van der Waals surface area contributed by atoms with Crippen molar-refractivity contribution in [2.24, 2.45) is 0 Å². The Morgan fingerprint density at radius 3 is 2.86 bits per heavy atom. The van der Waals surface area contributed by atoms with Crippen LogP contribution in [0.15, 0.2) is 24.3 Å². The second-order valence-corrected chi connectivity index (χ2v) is 3.15. The molecule has 0 saturated carbocycles. The van der Waals surface area contributed by atoms with Gasteiger partial charge >= 0.3 is 29.6 Å². The molecule has 1 aliphatic heterocycles. The van der Waals surface area contributed by atoms with Crippen LogP contribution in [0.5, 0.6) is 0 Å². The van der Waals surface area contributed by atoms with Crippen LogP contribution in [0.2, 0.25) is 0 Å². The quantitative estimate of drug-likeness (QED) is 0.480. The van der Waals surface area contributed by atoms with Gasteiger partial charge < -0.3 is 15.2 Å². The zero-order valence-electron chi connectivity index (χ0n) is 8.12. The molecule has 1 heterocycles. The minimum absolute atomic E-state index is 0. The predicted molar refractivity (Wildman–Crippen MR) is 45.9 cm³/mol. The van der Waals surface area contributed by atoms with E-state index in [0.717, 1.165) is 17.5 Å². The fourth-order valence-corrected chi connectivity index (χ4v) is 1.71. The molecule has 3 nitrogen and oxygen atoms in total. The van der Waals surface area contributed by atoms with Crippen molar-refractivity contribution in [2.75, 3.05) is 6.54 Å². The number of carbonyl (C=O) groups excluding carboxylic acids is 1. The van der Waals surface area contributed by atoms with E-state index in [0.29, 0.717) is 6.54 Å². The Labute approximate surface area is 105 Å². The van der Waals surface area contributed by atoms with Crippen molar-refractivity contribution in [3.05, 3.63) is 35.4 Å². The Kier molecular flexibility index (Phi) is 4.13. The van der Waals surface area contributed by atoms with Crippen LogP contribution in [0.1, 0.15) is 17.2 Å². The molecule has 1 aromatic carbocycles. The van der Waals surface area contributed by atoms with Crippen LogP contribution in [0.4, 0.5) is 0 Å². The SMILES string of the molecule is O=C([O-])[C@@H]1NCCc2ccccc21.[Na+]. The van der Waals surface area contributed by atoms with Crippen molar-refractivity contribution in [2.45, 2.75) is 12.5 Å². The van der Waals surface area contributed by atoms with E-state index in [1.807, 2.05) is 24.3 Å². The second kappa shape index (κ2) is 4.94. The number of hydrogen-bond acceptors (Lipinski definition) is 3. The van der Waals surface area contributed by atoms with Gasteiger partial charge in [-0.3, -0.25) is 0 Å². The molecule has 4 heteroatoms. The molecule has 1 aromatic rings. The standard InChI is InChI=1S/C10H11NO2.Na/c12-10(13)9-8-4-2-1-3-7(8)5-6-11-9;/h1-4,9,11H,5-6H2,(H,12,13);/q;+1/p-1/t9-;/m1./s1. The maximum Gasteiger partial charge on any atom is 1.00 e. The summed E-state index contributed by atoms with van der Waals surface area (Å²) in [7, 11) is 0. The van der Waals surface area contributed by atoms with Crippen molar-refractivity contribution in [1.29, 1.82) is 0 Å². The van der Waals surface area contributed by atoms with Gasteiger partial charge in [0.2, 0.25) is 0 Å². The van der Waals surface area contributed by atoms with E-state index in [2.05, 4.69) is 5.32 Å². The van der Waals surface area contributed by atoms with Crippen LogP contribution in [0.25, 0.3) is 0 Å². The number of nitrogens with one attached hydrogen (secondary N) is 1. The zero-order valence-corrected chi connectivity index (χ0v) is 10.1. The third-order valence-electron chi connectivity index (χ3n) is 2.34. The molecule has 68 valence electrons. The Morgan fingerprint density at radius 1 is 1.43 bits per heavy atom. The average Bonchev–Trinajstić information content (AvgIpc) is 2.17. The number of rotatable bonds is 1. The third kappa shape index (κ3) is 2.17. The largest absolute Gasteiger partial charge is 1.00 e. The summed E-state index contributed by atoms with van der Waals surface area (Å²) in [6, 6.07) is 6.94. The molecule has 0 aromatic heterocycles. The van der Waals surface area contributed by atoms with Gasteiger partial charge in [-0.2, -0.15) is 0 Å². The smallest absolute Gasteiger partial charge is 0.548 e. The van der Waals surface area contributed by atoms with E-state index in [9.17, 15) is 9.90 Å². The fourth-order valence-electron chi connectivity index (χ4n) is 1.71. The van der Waals surface area contributed by atoms with Crippen LogP contribution in [-0.4, -0.2) is 12.5 Å². The molecule has 0 saturated heterocycles. The molecule has 0 radical (unpaired) electrons. The van der Waals surface area contributed by atoms with Gasteiger partial charge in [-0.1, -0.05) is 24.3 Å². The summed E-state index contributed by atoms with van der Waals surface area (Å²) in [6.45, 7) is 0.704. The van der Waals surface area contributed by atoms with Crippen molar-refractivity contribution in [1.82, 2.24) is 5.32 Å². The zero-order chi connectivity index (χ0) is 9.26. The summed E-state index contributed by atoms with van der Waals surface area (Å²) >= 11 is 0. The van der Waals surface area contributed by atoms with Gasteiger partial charge in [0.05, 0.1) is 12.0 Å². The minimum atomic E-state index is -1.05. The van der Waals surface area contributed by atoms with Crippen molar-refractivity contribution in [3.8, 4) is 0 Å². The molecule has 0 bridgehead atoms. The molecule has 0 aliphatic carbocycles. The number of carbonyl (C=O) groups is 1. The van der Waals surface area contributed by atoms with E-state index in [-0.39, 0.29) is 29.6 Å². The van der Waals surface area contributed by atoms with Gasteiger partial charge in [-0.25, -0.2) is 0 Å². The summed E-state index contributed by atoms with van der Waals surface area (Å²) in [5, 5.41) is 13.7. The first-order valence-electron chi connectivity index (χ1n) is 4.31. The fraction of sp³-hybridized carbons (Fsp3) is 0.300. The first-order valence-corrected chi connectivity index (χ1v) is 4.31. The summed E-state index contributed by atoms with van der Waals surface area (Å²) in [5.74, 6) is -1.05. The summed E-state index contributed by atoms with van der Waals surface area (Å²) < 4.78 is 0. The van der Waals surface area contributed by atoms with Crippen LogP contribution in [0.3, 0.4) is 0 Å². The molecule has 1 atom stereocenters. The van der Waals surface area contributed by atoms with Crippen molar-refractivity contribution in [3.63, 3.8) is 0 Å². The Hall–Kier alpha value is -0.350. The Bertz CT molecular complexity index is 341. The van der Waals surface area contributed by atoms with Crippen LogP contribution >= 0.6 is 0 Å². The Morgan fingerprint density at radius 2 is 2.14 bits per heavy atom. The summed E-state index contributed by atoms with van der Waals surface area (Å²) in [6.07, 6.45) is 0.889. The minimum Gasteiger partial charge on any atom is -0.548 e. The molecular weight excluding hydrogens is 189 g/mol. The molecular formula is C10H10NNaO2. The predicted octanol–water partition coefficient (Wildman–Crippen LogP) is -3.37. The van der Waals surface area contributed by atoms with E-state index in [1.165, 1.54) is 0 Å². The first-order chi connectivity index (χ1) is 6.29. The molecule has 14 heavy (non-hydrogen) atoms. The van der Waals surface area contributed by atoms with E-state index in [4.69, 9.17) is 0 Å². The van der Waals surface area contributed by atoms with Gasteiger partial charge in [-0.05, 0) is 17.5 Å². The van der Waals surface area contributed by atoms with E-state index < -0.39 is 12.0 Å². The monoisotopic (exact) mass is 199 g/mol. The third-order valence-corrected chi connectivity index (χ3v) is 2.34. The summed E-state index contributed by atoms with van der Waals surface area (Å²) in [4.78, 5) is 10.7. The van der Waals surface area contributed by atoms with Crippen molar-refractivity contribution < 1.29 is 39.5 Å². The van der Waals surface area contributed by atoms with E-state index in [1.54, 1.807) is 0 Å². The molecule has 1 aliphatic rings. The van der Waals surface area contributed by atoms with Crippen LogP contribution in [0, 0.1) is 0 Å². The molecule has 0 unspecified atom stereocenters. The Balaban J connectivity index is 0.000000980. The number of hydrogen-bond donors (Lipinski definition) is 1. The van der Waals surface area contributed by atoms with Crippen molar-refractivity contribution >= 4 is 5.97 Å². The number of fused-ring (bicyclic) bond motifs is 1. The van der Waals surface area contributed by atoms with Gasteiger partial charge in [0.15, 0.2) is 0 Å². The topological polar surface area (TPSA) is 52.2 Å². The maximum atomic E-state index is 10.7. The normalized spacial score (nSPS) is 19.3. The summed E-state index contributed by atoms with van der Waals surface area (Å²) in [5.41, 5.74) is 1.95. The van der Waals surface area contributed by atoms with Gasteiger partial charge in [0, 0.05) is 6.54 Å². The number of benzene rings is 1. The van der Waals surface area contributed by atoms with Crippen LogP contribution in [-0.2, 0) is 11.2 Å². The number of aliphatic carboxylic acids is 1. The molecule has 0 amide bonds. The average molecular weight is 199 g/mol. The van der Waals surface area contributed by atoms with Gasteiger partial charge in [-0.15, -0.1) is 0 Å². The van der Waals surface area contributed by atoms with E-state index >= 15 is 0 Å².